The van der Waals surface area contributed by atoms with Crippen LogP contribution in [0.25, 0.3) is 0 Å². The number of nitrogens with two attached hydrogens (primary N) is 1. The highest BCUT2D eigenvalue weighted by Gasteiger charge is 2.28. The summed E-state index contributed by atoms with van der Waals surface area (Å²) in [6.45, 7) is 0. The number of amides is 3. The molecule has 1 aliphatic rings. The van der Waals surface area contributed by atoms with Gasteiger partial charge in [0.25, 0.3) is 5.91 Å². The Morgan fingerprint density at radius 1 is 1.42 bits per heavy atom. The second-order valence-electron chi connectivity index (χ2n) is 4.18. The van der Waals surface area contributed by atoms with E-state index in [0.717, 1.165) is 6.07 Å². The summed E-state index contributed by atoms with van der Waals surface area (Å²) in [6, 6.07) is 3.04. The molecule has 19 heavy (non-hydrogen) atoms. The number of nitrogen functional groups attached to an aromatic ring is 1. The number of piperidine rings is 1. The number of carbonyl (C=O) groups excluding carboxylic acids is 3. The van der Waals surface area contributed by atoms with Crippen LogP contribution < -0.4 is 16.4 Å². The molecule has 1 aliphatic heterocycles. The summed E-state index contributed by atoms with van der Waals surface area (Å²) < 4.78 is 13.2. The lowest BCUT2D eigenvalue weighted by atomic mass is 10.1. The first kappa shape index (κ1) is 13.0. The van der Waals surface area contributed by atoms with Crippen molar-refractivity contribution in [3.63, 3.8) is 0 Å². The Bertz CT molecular complexity index is 559. The standard InChI is InChI=1S/C12H12FN3O3/c13-7-3-1-2-6(10(7)14)11(18)15-8-4-5-9(17)16-12(8)19/h1-3,8H,4-5,14H2,(H,15,18)(H,16,17,19). The Labute approximate surface area is 108 Å². The van der Waals surface area contributed by atoms with Gasteiger partial charge in [0.05, 0.1) is 11.3 Å². The number of para-hydroxylation sites is 1. The number of benzene rings is 1. The summed E-state index contributed by atoms with van der Waals surface area (Å²) in [4.78, 5) is 34.3. The minimum atomic E-state index is -0.812. The van der Waals surface area contributed by atoms with Gasteiger partial charge in [-0.2, -0.15) is 0 Å². The van der Waals surface area contributed by atoms with E-state index in [9.17, 15) is 18.8 Å². The topological polar surface area (TPSA) is 101 Å². The van der Waals surface area contributed by atoms with Gasteiger partial charge in [0.15, 0.2) is 0 Å². The minimum Gasteiger partial charge on any atom is -0.396 e. The number of rotatable bonds is 2. The summed E-state index contributed by atoms with van der Waals surface area (Å²) in [5, 5.41) is 4.54. The molecule has 1 heterocycles. The fourth-order valence-electron chi connectivity index (χ4n) is 1.80. The molecule has 1 aromatic rings. The average Bonchev–Trinajstić information content (AvgIpc) is 2.36. The smallest absolute Gasteiger partial charge is 0.254 e. The molecule has 7 heteroatoms. The maximum atomic E-state index is 13.2. The van der Waals surface area contributed by atoms with E-state index in [1.165, 1.54) is 12.1 Å². The van der Waals surface area contributed by atoms with E-state index in [1.54, 1.807) is 0 Å². The molecule has 3 amide bonds. The fraction of sp³-hybridized carbons (Fsp3) is 0.250. The lowest BCUT2D eigenvalue weighted by Gasteiger charge is -2.22. The molecular weight excluding hydrogens is 253 g/mol. The first-order chi connectivity index (χ1) is 8.99. The maximum absolute atomic E-state index is 13.2. The number of anilines is 1. The zero-order chi connectivity index (χ0) is 14.0. The first-order valence-electron chi connectivity index (χ1n) is 5.67. The molecule has 0 bridgehead atoms. The van der Waals surface area contributed by atoms with Crippen LogP contribution in [0.4, 0.5) is 10.1 Å². The molecule has 6 nitrogen and oxygen atoms in total. The monoisotopic (exact) mass is 265 g/mol. The van der Waals surface area contributed by atoms with Gasteiger partial charge in [0, 0.05) is 6.42 Å². The number of nitrogens with one attached hydrogen (secondary N) is 2. The average molecular weight is 265 g/mol. The van der Waals surface area contributed by atoms with Crippen molar-refractivity contribution in [3.05, 3.63) is 29.6 Å². The van der Waals surface area contributed by atoms with Gasteiger partial charge in [-0.25, -0.2) is 4.39 Å². The summed E-state index contributed by atoms with van der Waals surface area (Å²) >= 11 is 0. The van der Waals surface area contributed by atoms with E-state index in [2.05, 4.69) is 10.6 Å². The molecule has 0 radical (unpaired) electrons. The lowest BCUT2D eigenvalue weighted by Crippen LogP contribution is -2.52. The van der Waals surface area contributed by atoms with Crippen molar-refractivity contribution in [3.8, 4) is 0 Å². The van der Waals surface area contributed by atoms with Gasteiger partial charge in [-0.1, -0.05) is 6.07 Å². The van der Waals surface area contributed by atoms with Crippen molar-refractivity contribution in [2.75, 3.05) is 5.73 Å². The highest BCUT2D eigenvalue weighted by atomic mass is 19.1. The van der Waals surface area contributed by atoms with Gasteiger partial charge in [0.2, 0.25) is 11.8 Å². The second-order valence-corrected chi connectivity index (χ2v) is 4.18. The Balaban J connectivity index is 2.11. The largest absolute Gasteiger partial charge is 0.396 e. The SMILES string of the molecule is Nc1c(F)cccc1C(=O)NC1CCC(=O)NC1=O. The van der Waals surface area contributed by atoms with Crippen LogP contribution in [0.15, 0.2) is 18.2 Å². The van der Waals surface area contributed by atoms with E-state index in [-0.39, 0.29) is 30.0 Å². The molecule has 0 saturated carbocycles. The predicted molar refractivity (Wildman–Crippen MR) is 64.5 cm³/mol. The van der Waals surface area contributed by atoms with E-state index < -0.39 is 23.7 Å². The van der Waals surface area contributed by atoms with Gasteiger partial charge < -0.3 is 11.1 Å². The molecule has 100 valence electrons. The van der Waals surface area contributed by atoms with Crippen molar-refractivity contribution in [1.29, 1.82) is 0 Å². The normalized spacial score (nSPS) is 18.9. The maximum Gasteiger partial charge on any atom is 0.254 e. The molecule has 1 atom stereocenters. The summed E-state index contributed by atoms with van der Waals surface area (Å²) in [7, 11) is 0. The van der Waals surface area contributed by atoms with Crippen LogP contribution >= 0.6 is 0 Å². The Kier molecular flexibility index (Phi) is 3.46. The molecule has 0 spiro atoms. The van der Waals surface area contributed by atoms with Crippen LogP contribution in [-0.4, -0.2) is 23.8 Å². The zero-order valence-corrected chi connectivity index (χ0v) is 9.90. The van der Waals surface area contributed by atoms with Crippen molar-refractivity contribution in [2.24, 2.45) is 0 Å². The second kappa shape index (κ2) is 5.05. The molecule has 2 rings (SSSR count). The van der Waals surface area contributed by atoms with Crippen molar-refractivity contribution < 1.29 is 18.8 Å². The molecule has 0 aliphatic carbocycles. The lowest BCUT2D eigenvalue weighted by molar-refractivity contribution is -0.134. The van der Waals surface area contributed by atoms with E-state index in [1.807, 2.05) is 0 Å². The van der Waals surface area contributed by atoms with Gasteiger partial charge in [-0.15, -0.1) is 0 Å². The van der Waals surface area contributed by atoms with Gasteiger partial charge in [-0.05, 0) is 18.6 Å². The minimum absolute atomic E-state index is 0.0373. The van der Waals surface area contributed by atoms with Crippen molar-refractivity contribution in [2.45, 2.75) is 18.9 Å². The van der Waals surface area contributed by atoms with E-state index in [4.69, 9.17) is 5.73 Å². The van der Waals surface area contributed by atoms with Crippen LogP contribution in [0.1, 0.15) is 23.2 Å². The summed E-state index contributed by atoms with van der Waals surface area (Å²) in [5.41, 5.74) is 5.15. The van der Waals surface area contributed by atoms with Gasteiger partial charge >= 0.3 is 0 Å². The highest BCUT2D eigenvalue weighted by molar-refractivity contribution is 6.05. The Hall–Kier alpha value is -2.44. The number of imide groups is 1. The van der Waals surface area contributed by atoms with Crippen LogP contribution in [0.3, 0.4) is 0 Å². The fourth-order valence-corrected chi connectivity index (χ4v) is 1.80. The number of halogens is 1. The van der Waals surface area contributed by atoms with Crippen LogP contribution in [-0.2, 0) is 9.59 Å². The predicted octanol–water partition coefficient (Wildman–Crippen LogP) is -0.0571. The zero-order valence-electron chi connectivity index (χ0n) is 9.90. The number of hydrogen-bond acceptors (Lipinski definition) is 4. The molecule has 1 saturated heterocycles. The number of hydrogen-bond donors (Lipinski definition) is 3. The van der Waals surface area contributed by atoms with Crippen LogP contribution in [0.5, 0.6) is 0 Å². The molecule has 1 fully saturated rings. The molecular formula is C12H12FN3O3. The van der Waals surface area contributed by atoms with Gasteiger partial charge in [-0.3, -0.25) is 19.7 Å². The van der Waals surface area contributed by atoms with Crippen LogP contribution in [0, 0.1) is 5.82 Å². The third kappa shape index (κ3) is 2.70. The Morgan fingerprint density at radius 2 is 2.16 bits per heavy atom. The molecule has 0 aromatic heterocycles. The number of carbonyl (C=O) groups is 3. The van der Waals surface area contributed by atoms with Crippen LogP contribution in [0.2, 0.25) is 0 Å². The quantitative estimate of drug-likeness (QED) is 0.515. The van der Waals surface area contributed by atoms with E-state index >= 15 is 0 Å². The summed E-state index contributed by atoms with van der Waals surface area (Å²) in [6.07, 6.45) is 0.362. The molecule has 1 unspecified atom stereocenters. The van der Waals surface area contributed by atoms with E-state index in [0.29, 0.717) is 0 Å². The third-order valence-corrected chi connectivity index (χ3v) is 2.84. The Morgan fingerprint density at radius 3 is 2.84 bits per heavy atom. The molecule has 1 aromatic carbocycles. The third-order valence-electron chi connectivity index (χ3n) is 2.84. The molecule has 4 N–H and O–H groups in total. The van der Waals surface area contributed by atoms with Crippen molar-refractivity contribution >= 4 is 23.4 Å². The van der Waals surface area contributed by atoms with Gasteiger partial charge in [0.1, 0.15) is 11.9 Å². The highest BCUT2D eigenvalue weighted by Crippen LogP contribution is 2.16. The van der Waals surface area contributed by atoms with Crippen molar-refractivity contribution in [1.82, 2.24) is 10.6 Å². The summed E-state index contributed by atoms with van der Waals surface area (Å²) in [5.74, 6) is -2.29. The first-order valence-corrected chi connectivity index (χ1v) is 5.67.